The Morgan fingerprint density at radius 3 is 1.33 bits per heavy atom. The summed E-state index contributed by atoms with van der Waals surface area (Å²) in [6, 6.07) is 19.8. The van der Waals surface area contributed by atoms with Gasteiger partial charge in [-0.2, -0.15) is 0 Å². The molecule has 0 radical (unpaired) electrons. The second kappa shape index (κ2) is 7.04. The van der Waals surface area contributed by atoms with Gasteiger partial charge in [-0.1, -0.05) is 47.5 Å². The van der Waals surface area contributed by atoms with Crippen molar-refractivity contribution >= 4 is 11.4 Å². The summed E-state index contributed by atoms with van der Waals surface area (Å²) in [5.74, 6) is 0.108. The van der Waals surface area contributed by atoms with Gasteiger partial charge in [-0.25, -0.2) is 0 Å². The van der Waals surface area contributed by atoms with Gasteiger partial charge in [0.25, 0.3) is 0 Å². The van der Waals surface area contributed by atoms with E-state index in [0.29, 0.717) is 11.4 Å². The van der Waals surface area contributed by atoms with Crippen molar-refractivity contribution in [1.29, 1.82) is 0 Å². The highest BCUT2D eigenvalue weighted by Crippen LogP contribution is 2.59. The van der Waals surface area contributed by atoms with E-state index in [0.717, 1.165) is 33.4 Å². The van der Waals surface area contributed by atoms with Gasteiger partial charge in [0.1, 0.15) is 11.5 Å². The van der Waals surface area contributed by atoms with E-state index in [4.69, 9.17) is 11.5 Å². The Morgan fingerprint density at radius 2 is 0.970 bits per heavy atom. The number of hydrogen-bond acceptors (Lipinski definition) is 4. The Labute approximate surface area is 194 Å². The average molecular weight is 437 g/mol. The number of aromatic hydroxyl groups is 2. The number of phenols is 2. The summed E-state index contributed by atoms with van der Waals surface area (Å²) in [5, 5.41) is 20.4. The molecule has 0 unspecified atom stereocenters. The predicted molar refractivity (Wildman–Crippen MR) is 135 cm³/mol. The molecule has 4 aromatic carbocycles. The van der Waals surface area contributed by atoms with Gasteiger partial charge in [-0.05, 0) is 96.5 Å². The van der Waals surface area contributed by atoms with Crippen LogP contribution in [0.5, 0.6) is 11.5 Å². The molecule has 0 spiro atoms. The third kappa shape index (κ3) is 2.83. The van der Waals surface area contributed by atoms with Crippen LogP contribution in [0.3, 0.4) is 0 Å². The van der Waals surface area contributed by atoms with Crippen molar-refractivity contribution in [2.45, 2.75) is 33.1 Å². The van der Waals surface area contributed by atoms with Gasteiger partial charge in [0, 0.05) is 0 Å². The Morgan fingerprint density at radius 1 is 0.576 bits per heavy atom. The van der Waals surface area contributed by atoms with Crippen molar-refractivity contribution in [2.24, 2.45) is 0 Å². The summed E-state index contributed by atoms with van der Waals surface area (Å²) < 4.78 is 0. The lowest BCUT2D eigenvalue weighted by molar-refractivity contribution is 0.477. The zero-order valence-electron chi connectivity index (χ0n) is 19.3. The lowest BCUT2D eigenvalue weighted by Crippen LogP contribution is -2.29. The fraction of sp³-hybridized carbons (Fsp3) is 0.172. The third-order valence-electron chi connectivity index (χ3n) is 6.94. The molecule has 0 fully saturated rings. The lowest BCUT2D eigenvalue weighted by Gasteiger charge is -2.35. The van der Waals surface area contributed by atoms with Crippen LogP contribution in [0.4, 0.5) is 11.4 Å². The zero-order valence-corrected chi connectivity index (χ0v) is 19.3. The van der Waals surface area contributed by atoms with Gasteiger partial charge in [0.15, 0.2) is 0 Å². The van der Waals surface area contributed by atoms with Crippen molar-refractivity contribution in [3.63, 3.8) is 0 Å². The molecule has 4 aromatic rings. The molecule has 0 saturated carbocycles. The molecule has 1 aliphatic rings. The number of aryl methyl sites for hydroxylation is 4. The first-order valence-corrected chi connectivity index (χ1v) is 11.1. The minimum absolute atomic E-state index is 0.0541. The molecule has 4 heteroatoms. The molecule has 0 aromatic heterocycles. The molecule has 0 heterocycles. The Hall–Kier alpha value is -3.92. The number of phenolic OH excluding ortho intramolecular Hbond substituents is 2. The highest BCUT2D eigenvalue weighted by atomic mass is 16.3. The SMILES string of the molecule is Cc1cc(C)c2c(c1)C(c1ccc(O)c(N)c1)(c1ccc(O)c(N)c1)c1cc(C)cc(C)c1-2. The molecule has 1 aliphatic carbocycles. The van der Waals surface area contributed by atoms with Gasteiger partial charge >= 0.3 is 0 Å². The maximum absolute atomic E-state index is 10.2. The molecule has 0 bridgehead atoms. The number of rotatable bonds is 2. The van der Waals surface area contributed by atoms with Crippen LogP contribution in [0.2, 0.25) is 0 Å². The number of anilines is 2. The molecular weight excluding hydrogens is 408 g/mol. The highest BCUT2D eigenvalue weighted by molar-refractivity contribution is 5.91. The van der Waals surface area contributed by atoms with E-state index < -0.39 is 5.41 Å². The fourth-order valence-electron chi connectivity index (χ4n) is 5.70. The molecular formula is C29H28N2O2. The number of benzene rings is 4. The summed E-state index contributed by atoms with van der Waals surface area (Å²) in [5.41, 5.74) is 23.7. The minimum atomic E-state index is -0.706. The van der Waals surface area contributed by atoms with Crippen LogP contribution in [0.1, 0.15) is 44.5 Å². The van der Waals surface area contributed by atoms with Gasteiger partial charge in [-0.15, -0.1) is 0 Å². The molecule has 5 rings (SSSR count). The van der Waals surface area contributed by atoms with E-state index in [-0.39, 0.29) is 11.5 Å². The van der Waals surface area contributed by atoms with Crippen LogP contribution in [-0.4, -0.2) is 10.2 Å². The van der Waals surface area contributed by atoms with Gasteiger partial charge in [0.05, 0.1) is 16.8 Å². The van der Waals surface area contributed by atoms with Crippen molar-refractivity contribution in [3.05, 3.63) is 105 Å². The molecule has 0 aliphatic heterocycles. The number of hydrogen-bond donors (Lipinski definition) is 4. The summed E-state index contributed by atoms with van der Waals surface area (Å²) in [6.45, 7) is 8.52. The molecule has 0 amide bonds. The predicted octanol–water partition coefficient (Wildman–Crippen LogP) is 5.86. The Kier molecular flexibility index (Phi) is 4.47. The highest BCUT2D eigenvalue weighted by Gasteiger charge is 2.47. The van der Waals surface area contributed by atoms with Crippen molar-refractivity contribution in [1.82, 2.24) is 0 Å². The minimum Gasteiger partial charge on any atom is -0.506 e. The van der Waals surface area contributed by atoms with Crippen molar-refractivity contribution in [3.8, 4) is 22.6 Å². The Bertz CT molecular complexity index is 1340. The van der Waals surface area contributed by atoms with Crippen molar-refractivity contribution in [2.75, 3.05) is 11.5 Å². The summed E-state index contributed by atoms with van der Waals surface area (Å²) >= 11 is 0. The molecule has 166 valence electrons. The largest absolute Gasteiger partial charge is 0.506 e. The van der Waals surface area contributed by atoms with E-state index in [1.807, 2.05) is 24.3 Å². The normalized spacial score (nSPS) is 13.6. The summed E-state index contributed by atoms with van der Waals surface area (Å²) in [7, 11) is 0. The van der Waals surface area contributed by atoms with Crippen LogP contribution >= 0.6 is 0 Å². The zero-order chi connectivity index (χ0) is 23.7. The Balaban J connectivity index is 2.05. The van der Waals surface area contributed by atoms with Crippen LogP contribution in [0, 0.1) is 27.7 Å². The molecule has 6 N–H and O–H groups in total. The first kappa shape index (κ1) is 21.0. The fourth-order valence-corrected chi connectivity index (χ4v) is 5.70. The monoisotopic (exact) mass is 436 g/mol. The second-order valence-corrected chi connectivity index (χ2v) is 9.31. The van der Waals surface area contributed by atoms with Crippen LogP contribution < -0.4 is 11.5 Å². The maximum Gasteiger partial charge on any atom is 0.138 e. The first-order valence-electron chi connectivity index (χ1n) is 11.1. The molecule has 33 heavy (non-hydrogen) atoms. The smallest absolute Gasteiger partial charge is 0.138 e. The second-order valence-electron chi connectivity index (χ2n) is 9.31. The number of fused-ring (bicyclic) bond motifs is 3. The summed E-state index contributed by atoms with van der Waals surface area (Å²) in [6.07, 6.45) is 0. The first-order chi connectivity index (χ1) is 15.6. The average Bonchev–Trinajstić information content (AvgIpc) is 3.03. The van der Waals surface area contributed by atoms with Crippen LogP contribution in [-0.2, 0) is 5.41 Å². The number of nitrogen functional groups attached to an aromatic ring is 2. The standard InChI is InChI=1S/C29H28N2O2/c1-15-9-17(3)27-21(11-15)29(19-5-7-25(32)23(30)13-19,20-6-8-26(33)24(31)14-20)22-12-16(2)10-18(4)28(22)27/h5-14,32-33H,30-31H2,1-4H3. The van der Waals surface area contributed by atoms with Crippen LogP contribution in [0.25, 0.3) is 11.1 Å². The topological polar surface area (TPSA) is 92.5 Å². The third-order valence-corrected chi connectivity index (χ3v) is 6.94. The van der Waals surface area contributed by atoms with E-state index in [2.05, 4.69) is 52.0 Å². The number of nitrogens with two attached hydrogens (primary N) is 2. The molecule has 0 atom stereocenters. The van der Waals surface area contributed by atoms with E-state index >= 15 is 0 Å². The van der Waals surface area contributed by atoms with E-state index in [1.54, 1.807) is 12.1 Å². The van der Waals surface area contributed by atoms with Gasteiger partial charge in [-0.3, -0.25) is 0 Å². The molecule has 4 nitrogen and oxygen atoms in total. The summed E-state index contributed by atoms with van der Waals surface area (Å²) in [4.78, 5) is 0. The molecule has 0 saturated heterocycles. The maximum atomic E-state index is 10.2. The van der Waals surface area contributed by atoms with E-state index in [1.165, 1.54) is 22.3 Å². The quantitative estimate of drug-likeness (QED) is 0.206. The van der Waals surface area contributed by atoms with E-state index in [9.17, 15) is 10.2 Å². The lowest BCUT2D eigenvalue weighted by atomic mass is 9.67. The van der Waals surface area contributed by atoms with Gasteiger partial charge in [0.2, 0.25) is 0 Å². The van der Waals surface area contributed by atoms with Crippen LogP contribution in [0.15, 0.2) is 60.7 Å². The van der Waals surface area contributed by atoms with Gasteiger partial charge < -0.3 is 21.7 Å². The van der Waals surface area contributed by atoms with Crippen molar-refractivity contribution < 1.29 is 10.2 Å².